The molecule has 12 heteroatoms. The lowest BCUT2D eigenvalue weighted by Gasteiger charge is -2.36. The van der Waals surface area contributed by atoms with Crippen LogP contribution < -0.4 is 5.32 Å². The molecule has 1 amide bonds. The van der Waals surface area contributed by atoms with Crippen molar-refractivity contribution in [2.45, 2.75) is 17.9 Å². The Bertz CT molecular complexity index is 1090. The zero-order valence-electron chi connectivity index (χ0n) is 16.5. The third-order valence-electron chi connectivity index (χ3n) is 5.07. The Hall–Kier alpha value is -2.24. The van der Waals surface area contributed by atoms with Crippen molar-refractivity contribution in [1.82, 2.24) is 9.21 Å². The fraction of sp³-hybridized carbons (Fsp3) is 0.316. The summed E-state index contributed by atoms with van der Waals surface area (Å²) in [7, 11) is -3.65. The number of non-ortho nitro benzene ring substituents is 1. The lowest BCUT2D eigenvalue weighted by Crippen LogP contribution is -2.53. The first-order chi connectivity index (χ1) is 14.6. The Labute approximate surface area is 189 Å². The van der Waals surface area contributed by atoms with Gasteiger partial charge < -0.3 is 5.32 Å². The zero-order chi connectivity index (χ0) is 22.8. The van der Waals surface area contributed by atoms with Gasteiger partial charge in [-0.3, -0.25) is 19.8 Å². The van der Waals surface area contributed by atoms with Crippen molar-refractivity contribution in [3.05, 3.63) is 62.6 Å². The Balaban J connectivity index is 1.63. The van der Waals surface area contributed by atoms with E-state index in [1.807, 2.05) is 4.90 Å². The molecule has 0 radical (unpaired) electrons. The summed E-state index contributed by atoms with van der Waals surface area (Å²) < 4.78 is 26.9. The number of carbonyl (C=O) groups excluding carboxylic acids is 1. The van der Waals surface area contributed by atoms with Crippen LogP contribution in [0.3, 0.4) is 0 Å². The number of rotatable bonds is 6. The Morgan fingerprint density at radius 2 is 1.71 bits per heavy atom. The molecule has 0 bridgehead atoms. The number of piperazine rings is 1. The SMILES string of the molecule is C[C@H](C(=O)Nc1cc([N+](=O)[O-])ccc1Cl)N1CCN(S(=O)(=O)c2ccc(Cl)cc2)CC1. The summed E-state index contributed by atoms with van der Waals surface area (Å²) in [6, 6.07) is 9.18. The summed E-state index contributed by atoms with van der Waals surface area (Å²) in [5.41, 5.74) is -0.0370. The number of nitrogens with one attached hydrogen (secondary N) is 1. The summed E-state index contributed by atoms with van der Waals surface area (Å²) >= 11 is 11.9. The fourth-order valence-electron chi connectivity index (χ4n) is 3.21. The van der Waals surface area contributed by atoms with Crippen LogP contribution in [-0.2, 0) is 14.8 Å². The molecule has 1 N–H and O–H groups in total. The van der Waals surface area contributed by atoms with Gasteiger partial charge in [0.1, 0.15) is 0 Å². The molecule has 2 aromatic carbocycles. The molecule has 1 aliphatic heterocycles. The number of nitro benzene ring substituents is 1. The van der Waals surface area contributed by atoms with Gasteiger partial charge in [0.25, 0.3) is 5.69 Å². The second-order valence-electron chi connectivity index (χ2n) is 6.98. The van der Waals surface area contributed by atoms with Crippen LogP contribution in [0.25, 0.3) is 0 Å². The lowest BCUT2D eigenvalue weighted by molar-refractivity contribution is -0.384. The van der Waals surface area contributed by atoms with Crippen molar-refractivity contribution in [2.75, 3.05) is 31.5 Å². The first-order valence-corrected chi connectivity index (χ1v) is 11.5. The smallest absolute Gasteiger partial charge is 0.271 e. The summed E-state index contributed by atoms with van der Waals surface area (Å²) in [6.07, 6.45) is 0. The highest BCUT2D eigenvalue weighted by atomic mass is 35.5. The molecule has 0 spiro atoms. The highest BCUT2D eigenvalue weighted by Crippen LogP contribution is 2.27. The molecule has 166 valence electrons. The maximum Gasteiger partial charge on any atom is 0.271 e. The van der Waals surface area contributed by atoms with Gasteiger partial charge in [-0.15, -0.1) is 0 Å². The summed E-state index contributed by atoms with van der Waals surface area (Å²) in [6.45, 7) is 2.83. The molecular formula is C19H20Cl2N4O5S. The van der Waals surface area contributed by atoms with Crippen LogP contribution in [0.4, 0.5) is 11.4 Å². The van der Waals surface area contributed by atoms with Gasteiger partial charge in [0.15, 0.2) is 0 Å². The van der Waals surface area contributed by atoms with E-state index >= 15 is 0 Å². The van der Waals surface area contributed by atoms with Gasteiger partial charge in [-0.2, -0.15) is 4.31 Å². The number of anilines is 1. The van der Waals surface area contributed by atoms with Crippen molar-refractivity contribution < 1.29 is 18.1 Å². The van der Waals surface area contributed by atoms with Crippen LogP contribution in [0.15, 0.2) is 47.4 Å². The van der Waals surface area contributed by atoms with Crippen molar-refractivity contribution in [2.24, 2.45) is 0 Å². The quantitative estimate of drug-likeness (QED) is 0.495. The molecule has 31 heavy (non-hydrogen) atoms. The summed E-state index contributed by atoms with van der Waals surface area (Å²) in [5.74, 6) is -0.392. The topological polar surface area (TPSA) is 113 Å². The standard InChI is InChI=1S/C19H20Cl2N4O5S/c1-13(19(26)22-18-12-15(25(27)28)4-7-17(18)21)23-8-10-24(11-9-23)31(29,30)16-5-2-14(20)3-6-16/h2-7,12-13H,8-11H2,1H3,(H,22,26)/t13-/m1/s1. The average molecular weight is 487 g/mol. The number of hydrogen-bond acceptors (Lipinski definition) is 6. The first-order valence-electron chi connectivity index (χ1n) is 9.34. The van der Waals surface area contributed by atoms with E-state index in [0.29, 0.717) is 18.1 Å². The van der Waals surface area contributed by atoms with Crippen LogP contribution in [0.2, 0.25) is 10.0 Å². The second kappa shape index (κ2) is 9.49. The van der Waals surface area contributed by atoms with Crippen LogP contribution in [0, 0.1) is 10.1 Å². The van der Waals surface area contributed by atoms with E-state index in [4.69, 9.17) is 23.2 Å². The predicted octanol–water partition coefficient (Wildman–Crippen LogP) is 3.24. The number of hydrogen-bond donors (Lipinski definition) is 1. The van der Waals surface area contributed by atoms with Crippen LogP contribution >= 0.6 is 23.2 Å². The monoisotopic (exact) mass is 486 g/mol. The van der Waals surface area contributed by atoms with E-state index in [0.717, 1.165) is 0 Å². The number of amides is 1. The fourth-order valence-corrected chi connectivity index (χ4v) is 4.93. The lowest BCUT2D eigenvalue weighted by atomic mass is 10.2. The minimum atomic E-state index is -3.65. The second-order valence-corrected chi connectivity index (χ2v) is 9.76. The predicted molar refractivity (Wildman–Crippen MR) is 118 cm³/mol. The van der Waals surface area contributed by atoms with Gasteiger partial charge in [-0.05, 0) is 37.3 Å². The Morgan fingerprint density at radius 1 is 1.10 bits per heavy atom. The minimum absolute atomic E-state index is 0.150. The minimum Gasteiger partial charge on any atom is -0.323 e. The van der Waals surface area contributed by atoms with Crippen LogP contribution in [-0.4, -0.2) is 60.7 Å². The third kappa shape index (κ3) is 5.34. The molecule has 0 unspecified atom stereocenters. The Morgan fingerprint density at radius 3 is 2.29 bits per heavy atom. The molecule has 0 aromatic heterocycles. The maximum atomic E-state index is 12.8. The van der Waals surface area contributed by atoms with Gasteiger partial charge in [0.05, 0.1) is 26.6 Å². The molecule has 2 aromatic rings. The van der Waals surface area contributed by atoms with Crippen LogP contribution in [0.5, 0.6) is 0 Å². The number of benzene rings is 2. The van der Waals surface area contributed by atoms with Crippen LogP contribution in [0.1, 0.15) is 6.92 Å². The number of sulfonamides is 1. The maximum absolute atomic E-state index is 12.8. The number of nitro groups is 1. The van der Waals surface area contributed by atoms with Gasteiger partial charge in [0.2, 0.25) is 15.9 Å². The van der Waals surface area contributed by atoms with Gasteiger partial charge in [-0.1, -0.05) is 23.2 Å². The summed E-state index contributed by atoms with van der Waals surface area (Å²) in [4.78, 5) is 25.0. The molecule has 9 nitrogen and oxygen atoms in total. The molecule has 1 atom stereocenters. The van der Waals surface area contributed by atoms with Gasteiger partial charge in [-0.25, -0.2) is 8.42 Å². The van der Waals surface area contributed by atoms with Gasteiger partial charge in [0, 0.05) is 43.3 Å². The van der Waals surface area contributed by atoms with E-state index in [1.54, 1.807) is 6.92 Å². The molecular weight excluding hydrogens is 467 g/mol. The van der Waals surface area contributed by atoms with E-state index in [1.165, 1.54) is 46.8 Å². The molecule has 0 saturated carbocycles. The first kappa shape index (κ1) is 23.4. The molecule has 1 saturated heterocycles. The largest absolute Gasteiger partial charge is 0.323 e. The highest BCUT2D eigenvalue weighted by Gasteiger charge is 2.32. The highest BCUT2D eigenvalue weighted by molar-refractivity contribution is 7.89. The molecule has 1 heterocycles. The van der Waals surface area contributed by atoms with E-state index in [-0.39, 0.29) is 34.4 Å². The van der Waals surface area contributed by atoms with Crippen molar-refractivity contribution in [3.63, 3.8) is 0 Å². The molecule has 1 fully saturated rings. The van der Waals surface area contributed by atoms with Gasteiger partial charge >= 0.3 is 0 Å². The summed E-state index contributed by atoms with van der Waals surface area (Å²) in [5, 5.41) is 14.2. The van der Waals surface area contributed by atoms with E-state index in [9.17, 15) is 23.3 Å². The zero-order valence-corrected chi connectivity index (χ0v) is 18.8. The van der Waals surface area contributed by atoms with Crippen molar-refractivity contribution >= 4 is 50.5 Å². The number of nitrogens with zero attached hydrogens (tertiary/aromatic N) is 3. The molecule has 3 rings (SSSR count). The number of halogens is 2. The molecule has 1 aliphatic rings. The van der Waals surface area contributed by atoms with E-state index < -0.39 is 26.9 Å². The normalized spacial score (nSPS) is 16.6. The van der Waals surface area contributed by atoms with E-state index in [2.05, 4.69) is 5.32 Å². The Kier molecular flexibility index (Phi) is 7.17. The van der Waals surface area contributed by atoms with Crippen molar-refractivity contribution in [3.8, 4) is 0 Å². The average Bonchev–Trinajstić information content (AvgIpc) is 2.75. The third-order valence-corrected chi connectivity index (χ3v) is 7.56. The number of carbonyl (C=O) groups is 1. The molecule has 0 aliphatic carbocycles. The van der Waals surface area contributed by atoms with Crippen molar-refractivity contribution in [1.29, 1.82) is 0 Å².